The second kappa shape index (κ2) is 9.83. The first-order valence-electron chi connectivity index (χ1n) is 12.3. The Bertz CT molecular complexity index is 1520. The molecule has 1 saturated carbocycles. The Morgan fingerprint density at radius 2 is 1.87 bits per heavy atom. The van der Waals surface area contributed by atoms with Crippen LogP contribution in [0, 0.1) is 6.92 Å². The number of carbonyl (C=O) groups excluding carboxylic acids is 1. The number of amides is 1. The Morgan fingerprint density at radius 1 is 1.13 bits per heavy atom. The van der Waals surface area contributed by atoms with Crippen LogP contribution in [0.5, 0.6) is 5.75 Å². The number of sulfonamides is 1. The molecule has 2 aromatic carbocycles. The van der Waals surface area contributed by atoms with E-state index in [1.54, 1.807) is 36.1 Å². The molecule has 12 heteroatoms. The van der Waals surface area contributed by atoms with Gasteiger partial charge in [-0.05, 0) is 54.8 Å². The molecule has 1 aromatic heterocycles. The Balaban J connectivity index is 1.38. The number of β-amino-alcohol motifs (C(OH)–C–C–N with tert-alkyl or cyclic N) is 1. The van der Waals surface area contributed by atoms with E-state index in [9.17, 15) is 31.5 Å². The molecule has 0 spiro atoms. The maximum Gasteiger partial charge on any atom is 0.416 e. The van der Waals surface area contributed by atoms with E-state index in [0.717, 1.165) is 17.7 Å². The summed E-state index contributed by atoms with van der Waals surface area (Å²) in [5.41, 5.74) is -0.978. The van der Waals surface area contributed by atoms with Crippen molar-refractivity contribution in [1.29, 1.82) is 0 Å². The van der Waals surface area contributed by atoms with Crippen LogP contribution < -0.4 is 14.4 Å². The summed E-state index contributed by atoms with van der Waals surface area (Å²) < 4.78 is 74.1. The maximum atomic E-state index is 13.3. The molecule has 206 valence electrons. The summed E-state index contributed by atoms with van der Waals surface area (Å²) in [4.78, 5) is 19.1. The van der Waals surface area contributed by atoms with Crippen molar-refractivity contribution < 1.29 is 36.2 Å². The third-order valence-electron chi connectivity index (χ3n) is 6.76. The fraction of sp³-hybridized carbons (Fsp3) is 0.333. The van der Waals surface area contributed by atoms with Gasteiger partial charge in [-0.15, -0.1) is 0 Å². The number of aliphatic hydroxyl groups excluding tert-OH is 1. The molecule has 3 aromatic rings. The van der Waals surface area contributed by atoms with Crippen LogP contribution in [-0.2, 0) is 21.0 Å². The second-order valence-corrected chi connectivity index (χ2v) is 11.5. The average molecular weight is 562 g/mol. The SMILES string of the molecule is Cc1ccc(-c2cccc(C(F)(F)F)c2)c(OC2(C(=O)NS(=O)(=O)c3cccc(N4CCC(O)C4)n3)CC2)c1. The number of aliphatic hydroxyl groups is 1. The number of aromatic nitrogens is 1. The number of anilines is 1. The van der Waals surface area contributed by atoms with Gasteiger partial charge in [-0.2, -0.15) is 21.6 Å². The van der Waals surface area contributed by atoms with Crippen LogP contribution in [0.25, 0.3) is 11.1 Å². The highest BCUT2D eigenvalue weighted by Gasteiger charge is 2.54. The summed E-state index contributed by atoms with van der Waals surface area (Å²) >= 11 is 0. The fourth-order valence-corrected chi connectivity index (χ4v) is 5.47. The zero-order valence-corrected chi connectivity index (χ0v) is 21.7. The van der Waals surface area contributed by atoms with Crippen LogP contribution in [0.2, 0.25) is 0 Å². The van der Waals surface area contributed by atoms with Crippen LogP contribution in [-0.4, -0.2) is 49.2 Å². The molecule has 2 aliphatic rings. The smallest absolute Gasteiger partial charge is 0.416 e. The molecule has 39 heavy (non-hydrogen) atoms. The Morgan fingerprint density at radius 3 is 2.54 bits per heavy atom. The van der Waals surface area contributed by atoms with E-state index in [1.165, 1.54) is 24.3 Å². The summed E-state index contributed by atoms with van der Waals surface area (Å²) in [7, 11) is -4.36. The molecule has 1 atom stereocenters. The van der Waals surface area contributed by atoms with Gasteiger partial charge in [0.1, 0.15) is 11.6 Å². The number of pyridine rings is 1. The minimum absolute atomic E-state index is 0.173. The highest BCUT2D eigenvalue weighted by molar-refractivity contribution is 7.90. The number of rotatable bonds is 7. The van der Waals surface area contributed by atoms with Gasteiger partial charge in [0, 0.05) is 31.5 Å². The van der Waals surface area contributed by atoms with Crippen molar-refractivity contribution in [2.75, 3.05) is 18.0 Å². The molecular weight excluding hydrogens is 535 g/mol. The van der Waals surface area contributed by atoms with Crippen LogP contribution in [0.15, 0.2) is 65.7 Å². The third kappa shape index (κ3) is 5.71. The number of nitrogens with one attached hydrogen (secondary N) is 1. The summed E-state index contributed by atoms with van der Waals surface area (Å²) in [6.07, 6.45) is -4.07. The molecule has 2 N–H and O–H groups in total. The Hall–Kier alpha value is -3.64. The van der Waals surface area contributed by atoms with Crippen LogP contribution in [0.1, 0.15) is 30.4 Å². The predicted molar refractivity (Wildman–Crippen MR) is 137 cm³/mol. The van der Waals surface area contributed by atoms with Crippen LogP contribution in [0.4, 0.5) is 19.0 Å². The number of benzene rings is 2. The maximum absolute atomic E-state index is 13.3. The van der Waals surface area contributed by atoms with Gasteiger partial charge in [-0.1, -0.05) is 30.3 Å². The summed E-state index contributed by atoms with van der Waals surface area (Å²) in [5, 5.41) is 9.42. The minimum Gasteiger partial charge on any atom is -0.477 e. The lowest BCUT2D eigenvalue weighted by Gasteiger charge is -2.21. The Kier molecular flexibility index (Phi) is 6.79. The molecule has 1 saturated heterocycles. The van der Waals surface area contributed by atoms with E-state index >= 15 is 0 Å². The van der Waals surface area contributed by atoms with Crippen LogP contribution in [0.3, 0.4) is 0 Å². The first-order chi connectivity index (χ1) is 18.4. The summed E-state index contributed by atoms with van der Waals surface area (Å²) in [6.45, 7) is 2.61. The molecule has 5 rings (SSSR count). The number of nitrogens with zero attached hydrogens (tertiary/aromatic N) is 2. The van der Waals surface area contributed by atoms with Crippen LogP contribution >= 0.6 is 0 Å². The van der Waals surface area contributed by atoms with E-state index in [2.05, 4.69) is 9.71 Å². The van der Waals surface area contributed by atoms with Gasteiger partial charge in [0.2, 0.25) is 0 Å². The van der Waals surface area contributed by atoms with E-state index in [4.69, 9.17) is 4.74 Å². The van der Waals surface area contributed by atoms with E-state index in [1.807, 2.05) is 0 Å². The minimum atomic E-state index is -4.53. The highest BCUT2D eigenvalue weighted by atomic mass is 32.2. The van der Waals surface area contributed by atoms with E-state index < -0.39 is 39.4 Å². The van der Waals surface area contributed by atoms with Crippen molar-refractivity contribution in [1.82, 2.24) is 9.71 Å². The lowest BCUT2D eigenvalue weighted by atomic mass is 10.0. The monoisotopic (exact) mass is 561 g/mol. The van der Waals surface area contributed by atoms with Gasteiger partial charge < -0.3 is 14.7 Å². The average Bonchev–Trinajstić information content (AvgIpc) is 3.54. The number of halogens is 3. The zero-order valence-electron chi connectivity index (χ0n) is 20.9. The first-order valence-corrected chi connectivity index (χ1v) is 13.8. The van der Waals surface area contributed by atoms with Gasteiger partial charge in [-0.3, -0.25) is 4.79 Å². The largest absolute Gasteiger partial charge is 0.477 e. The molecule has 1 amide bonds. The van der Waals surface area contributed by atoms with Gasteiger partial charge in [-0.25, -0.2) is 9.71 Å². The molecule has 8 nitrogen and oxygen atoms in total. The number of carbonyl (C=O) groups is 1. The summed E-state index contributed by atoms with van der Waals surface area (Å²) in [5.74, 6) is -0.348. The molecule has 0 radical (unpaired) electrons. The molecule has 2 fully saturated rings. The topological polar surface area (TPSA) is 109 Å². The molecule has 1 aliphatic heterocycles. The molecule has 0 bridgehead atoms. The van der Waals surface area contributed by atoms with Crippen molar-refractivity contribution >= 4 is 21.7 Å². The second-order valence-electron chi connectivity index (χ2n) is 9.83. The van der Waals surface area contributed by atoms with Crippen molar-refractivity contribution in [3.05, 3.63) is 71.8 Å². The van der Waals surface area contributed by atoms with Crippen molar-refractivity contribution in [2.45, 2.75) is 49.1 Å². The standard InChI is InChI=1S/C27H26F3N3O5S/c1-17-8-9-21(18-4-2-5-19(15-18)27(28,29)30)22(14-17)38-26(11-12-26)25(35)32-39(36,37)24-7-3-6-23(31-24)33-13-10-20(34)16-33/h2-9,14-15,20,34H,10-13,16H2,1H3,(H,32,35). The van der Waals surface area contributed by atoms with Gasteiger partial charge in [0.05, 0.1) is 11.7 Å². The molecular formula is C27H26F3N3O5S. The quantitative estimate of drug-likeness (QED) is 0.448. The van der Waals surface area contributed by atoms with Gasteiger partial charge in [0.15, 0.2) is 10.6 Å². The number of alkyl halides is 3. The fourth-order valence-electron chi connectivity index (χ4n) is 4.46. The lowest BCUT2D eigenvalue weighted by Crippen LogP contribution is -2.43. The predicted octanol–water partition coefficient (Wildman–Crippen LogP) is 4.06. The van der Waals surface area contributed by atoms with Gasteiger partial charge >= 0.3 is 6.18 Å². The summed E-state index contributed by atoms with van der Waals surface area (Å²) in [6, 6.07) is 14.1. The number of aryl methyl sites for hydroxylation is 1. The number of hydrogen-bond donors (Lipinski definition) is 2. The van der Waals surface area contributed by atoms with Crippen molar-refractivity contribution in [3.63, 3.8) is 0 Å². The van der Waals surface area contributed by atoms with Crippen molar-refractivity contribution in [3.8, 4) is 16.9 Å². The van der Waals surface area contributed by atoms with Crippen molar-refractivity contribution in [2.24, 2.45) is 0 Å². The number of hydrogen-bond acceptors (Lipinski definition) is 7. The molecule has 2 heterocycles. The molecule has 1 aliphatic carbocycles. The Labute approximate surface area is 223 Å². The molecule has 1 unspecified atom stereocenters. The van der Waals surface area contributed by atoms with E-state index in [-0.39, 0.29) is 29.2 Å². The lowest BCUT2D eigenvalue weighted by molar-refractivity contribution is -0.137. The highest BCUT2D eigenvalue weighted by Crippen LogP contribution is 2.44. The van der Waals surface area contributed by atoms with E-state index in [0.29, 0.717) is 30.9 Å². The third-order valence-corrected chi connectivity index (χ3v) is 7.99. The number of ether oxygens (including phenoxy) is 1. The normalized spacial score (nSPS) is 18.6. The zero-order chi connectivity index (χ0) is 28.0. The first kappa shape index (κ1) is 26.9. The van der Waals surface area contributed by atoms with Gasteiger partial charge in [0.25, 0.3) is 15.9 Å².